The van der Waals surface area contributed by atoms with Crippen molar-refractivity contribution in [3.05, 3.63) is 95.3 Å². The summed E-state index contributed by atoms with van der Waals surface area (Å²) in [7, 11) is 0. The second-order valence-electron chi connectivity index (χ2n) is 5.84. The van der Waals surface area contributed by atoms with Gasteiger partial charge in [0.05, 0.1) is 16.8 Å². The minimum atomic E-state index is -0.329. The first-order valence-corrected chi connectivity index (χ1v) is 9.08. The Kier molecular flexibility index (Phi) is 4.31. The van der Waals surface area contributed by atoms with Crippen LogP contribution in [0.2, 0.25) is 0 Å². The molecule has 1 heterocycles. The van der Waals surface area contributed by atoms with Gasteiger partial charge in [0.15, 0.2) is 0 Å². The van der Waals surface area contributed by atoms with Gasteiger partial charge in [0.1, 0.15) is 5.82 Å². The summed E-state index contributed by atoms with van der Waals surface area (Å²) in [5.74, 6) is -0.514. The van der Waals surface area contributed by atoms with Crippen LogP contribution in [0, 0.1) is 5.82 Å². The van der Waals surface area contributed by atoms with Gasteiger partial charge in [0.2, 0.25) is 0 Å². The fraction of sp³-hybridized carbons (Fsp3) is 0.0476. The molecular weight excluding hydrogens is 349 g/mol. The molecule has 1 aliphatic heterocycles. The van der Waals surface area contributed by atoms with Crippen LogP contribution >= 0.6 is 11.8 Å². The fourth-order valence-corrected chi connectivity index (χ4v) is 3.97. The first-order valence-electron chi connectivity index (χ1n) is 8.10. The molecule has 0 aliphatic carbocycles. The molecule has 0 aromatic heterocycles. The van der Waals surface area contributed by atoms with Crippen LogP contribution in [-0.4, -0.2) is 11.8 Å². The Morgan fingerprint density at radius 2 is 1.35 bits per heavy atom. The maximum absolute atomic E-state index is 13.9. The van der Waals surface area contributed by atoms with Crippen molar-refractivity contribution in [3.63, 3.8) is 0 Å². The number of benzene rings is 3. The van der Waals surface area contributed by atoms with Gasteiger partial charge in [-0.25, -0.2) is 9.29 Å². The summed E-state index contributed by atoms with van der Waals surface area (Å²) < 4.78 is 13.9. The molecule has 2 amide bonds. The van der Waals surface area contributed by atoms with Gasteiger partial charge in [-0.05, 0) is 35.9 Å². The van der Waals surface area contributed by atoms with Gasteiger partial charge in [-0.3, -0.25) is 9.59 Å². The lowest BCUT2D eigenvalue weighted by atomic mass is 10.1. The lowest BCUT2D eigenvalue weighted by Gasteiger charge is -2.18. The number of thioether (sulfide) groups is 1. The Hall–Kier alpha value is -2.92. The number of carbonyl (C=O) groups is 2. The second kappa shape index (κ2) is 6.77. The monoisotopic (exact) mass is 363 g/mol. The highest BCUT2D eigenvalue weighted by Gasteiger charge is 2.37. The normalized spacial score (nSPS) is 13.2. The SMILES string of the molecule is O=C1c2ccccc2C(=O)N1c1ccccc1SCc1ccccc1F. The third-order valence-electron chi connectivity index (χ3n) is 4.24. The molecule has 0 saturated carbocycles. The number of para-hydroxylation sites is 1. The fourth-order valence-electron chi connectivity index (χ4n) is 2.94. The molecule has 0 unspecified atom stereocenters. The van der Waals surface area contributed by atoms with Gasteiger partial charge in [0.25, 0.3) is 11.8 Å². The minimum absolute atomic E-state index is 0.266. The minimum Gasteiger partial charge on any atom is -0.268 e. The standard InChI is InChI=1S/C21H14FNO2S/c22-17-10-4-1-7-14(17)13-26-19-12-6-5-11-18(19)23-20(24)15-8-2-3-9-16(15)21(23)25/h1-12H,13H2. The highest BCUT2D eigenvalue weighted by Crippen LogP contribution is 2.36. The number of anilines is 1. The van der Waals surface area contributed by atoms with Crippen molar-refractivity contribution in [1.82, 2.24) is 0 Å². The zero-order chi connectivity index (χ0) is 18.1. The predicted molar refractivity (Wildman–Crippen MR) is 100.0 cm³/mol. The van der Waals surface area contributed by atoms with Crippen molar-refractivity contribution in [1.29, 1.82) is 0 Å². The molecule has 4 rings (SSSR count). The van der Waals surface area contributed by atoms with E-state index in [1.54, 1.807) is 54.6 Å². The van der Waals surface area contributed by atoms with Crippen LogP contribution in [0.4, 0.5) is 10.1 Å². The van der Waals surface area contributed by atoms with E-state index in [1.807, 2.05) is 12.1 Å². The smallest absolute Gasteiger partial charge is 0.266 e. The molecule has 3 aromatic rings. The molecule has 3 aromatic carbocycles. The van der Waals surface area contributed by atoms with Gasteiger partial charge in [-0.2, -0.15) is 0 Å². The van der Waals surface area contributed by atoms with E-state index >= 15 is 0 Å². The highest BCUT2D eigenvalue weighted by molar-refractivity contribution is 7.98. The lowest BCUT2D eigenvalue weighted by Crippen LogP contribution is -2.29. The Morgan fingerprint density at radius 3 is 2.04 bits per heavy atom. The number of imide groups is 1. The topological polar surface area (TPSA) is 37.4 Å². The molecule has 0 spiro atoms. The zero-order valence-corrected chi connectivity index (χ0v) is 14.5. The second-order valence-corrected chi connectivity index (χ2v) is 6.86. The Morgan fingerprint density at radius 1 is 0.769 bits per heavy atom. The summed E-state index contributed by atoms with van der Waals surface area (Å²) in [5.41, 5.74) is 1.92. The summed E-state index contributed by atoms with van der Waals surface area (Å²) in [4.78, 5) is 27.4. The summed E-state index contributed by atoms with van der Waals surface area (Å²) in [5, 5.41) is 0. The predicted octanol–water partition coefficient (Wildman–Crippen LogP) is 4.92. The average molecular weight is 363 g/mol. The van der Waals surface area contributed by atoms with Crippen LogP contribution < -0.4 is 4.90 Å². The maximum Gasteiger partial charge on any atom is 0.266 e. The molecule has 0 bridgehead atoms. The number of hydrogen-bond donors (Lipinski definition) is 0. The van der Waals surface area contributed by atoms with Crippen LogP contribution in [0.3, 0.4) is 0 Å². The summed E-state index contributed by atoms with van der Waals surface area (Å²) in [6.07, 6.45) is 0. The van der Waals surface area contributed by atoms with Gasteiger partial charge in [-0.1, -0.05) is 42.5 Å². The molecule has 26 heavy (non-hydrogen) atoms. The van der Waals surface area contributed by atoms with Crippen molar-refractivity contribution in [2.24, 2.45) is 0 Å². The highest BCUT2D eigenvalue weighted by atomic mass is 32.2. The summed E-state index contributed by atoms with van der Waals surface area (Å²) in [6, 6.07) is 20.6. The molecule has 0 atom stereocenters. The summed E-state index contributed by atoms with van der Waals surface area (Å²) in [6.45, 7) is 0. The van der Waals surface area contributed by atoms with Crippen LogP contribution in [0.1, 0.15) is 26.3 Å². The molecule has 1 aliphatic rings. The number of rotatable bonds is 4. The first kappa shape index (κ1) is 16.5. The van der Waals surface area contributed by atoms with E-state index in [1.165, 1.54) is 22.7 Å². The zero-order valence-electron chi connectivity index (χ0n) is 13.7. The average Bonchev–Trinajstić information content (AvgIpc) is 2.92. The van der Waals surface area contributed by atoms with Crippen LogP contribution in [0.25, 0.3) is 0 Å². The number of amides is 2. The molecular formula is C21H14FNO2S. The first-order chi connectivity index (χ1) is 12.7. The number of halogens is 1. The van der Waals surface area contributed by atoms with Crippen LogP contribution in [0.5, 0.6) is 0 Å². The molecule has 128 valence electrons. The largest absolute Gasteiger partial charge is 0.268 e. The Balaban J connectivity index is 1.66. The Bertz CT molecular complexity index is 983. The van der Waals surface area contributed by atoms with E-state index in [9.17, 15) is 14.0 Å². The van der Waals surface area contributed by atoms with Gasteiger partial charge >= 0.3 is 0 Å². The van der Waals surface area contributed by atoms with Crippen molar-refractivity contribution in [2.45, 2.75) is 10.6 Å². The number of carbonyl (C=O) groups excluding carboxylic acids is 2. The van der Waals surface area contributed by atoms with Gasteiger partial charge in [-0.15, -0.1) is 11.8 Å². The molecule has 0 N–H and O–H groups in total. The van der Waals surface area contributed by atoms with Crippen LogP contribution in [0.15, 0.2) is 77.7 Å². The number of fused-ring (bicyclic) bond motifs is 1. The third-order valence-corrected chi connectivity index (χ3v) is 5.35. The molecule has 0 saturated heterocycles. The summed E-state index contributed by atoms with van der Waals surface area (Å²) >= 11 is 1.40. The molecule has 3 nitrogen and oxygen atoms in total. The molecule has 5 heteroatoms. The van der Waals surface area contributed by atoms with E-state index in [-0.39, 0.29) is 17.6 Å². The van der Waals surface area contributed by atoms with Gasteiger partial charge in [0, 0.05) is 10.6 Å². The van der Waals surface area contributed by atoms with E-state index in [0.717, 1.165) is 4.90 Å². The van der Waals surface area contributed by atoms with E-state index < -0.39 is 0 Å². The van der Waals surface area contributed by atoms with Crippen molar-refractivity contribution >= 4 is 29.3 Å². The van der Waals surface area contributed by atoms with Crippen molar-refractivity contribution in [2.75, 3.05) is 4.90 Å². The number of hydrogen-bond acceptors (Lipinski definition) is 3. The molecule has 0 radical (unpaired) electrons. The number of nitrogens with zero attached hydrogens (tertiary/aromatic N) is 1. The van der Waals surface area contributed by atoms with Crippen molar-refractivity contribution in [3.8, 4) is 0 Å². The Labute approximate surface area is 154 Å². The third kappa shape index (κ3) is 2.80. The quantitative estimate of drug-likeness (QED) is 0.488. The van der Waals surface area contributed by atoms with E-state index in [2.05, 4.69) is 0 Å². The van der Waals surface area contributed by atoms with Gasteiger partial charge < -0.3 is 0 Å². The van der Waals surface area contributed by atoms with Crippen molar-refractivity contribution < 1.29 is 14.0 Å². The van der Waals surface area contributed by atoms with E-state index in [0.29, 0.717) is 28.1 Å². The lowest BCUT2D eigenvalue weighted by molar-refractivity contribution is 0.0925. The van der Waals surface area contributed by atoms with E-state index in [4.69, 9.17) is 0 Å². The maximum atomic E-state index is 13.9. The molecule has 0 fully saturated rings. The van der Waals surface area contributed by atoms with Crippen LogP contribution in [-0.2, 0) is 5.75 Å².